The second-order valence-corrected chi connectivity index (χ2v) is 7.59. The van der Waals surface area contributed by atoms with Crippen molar-refractivity contribution in [2.24, 2.45) is 5.92 Å². The lowest BCUT2D eigenvalue weighted by Gasteiger charge is -2.44. The molecule has 0 radical (unpaired) electrons. The maximum Gasteiger partial charge on any atom is 0.0351 e. The number of fused-ring (bicyclic) bond motifs is 1. The van der Waals surface area contributed by atoms with Gasteiger partial charge in [0.05, 0.1) is 0 Å². The molecule has 1 aliphatic carbocycles. The molecule has 3 rings (SSSR count). The Balaban J connectivity index is 1.83. The monoisotopic (exact) mass is 286 g/mol. The molecule has 0 spiro atoms. The maximum absolute atomic E-state index is 3.37. The molecule has 1 aromatic rings. The lowest BCUT2D eigenvalue weighted by atomic mass is 9.70. The van der Waals surface area contributed by atoms with E-state index in [1.165, 1.54) is 38.8 Å². The number of hydrogen-bond donors (Lipinski definition) is 1. The second kappa shape index (κ2) is 6.10. The van der Waals surface area contributed by atoms with Gasteiger partial charge < -0.3 is 5.32 Å². The minimum Gasteiger partial charge on any atom is -0.319 e. The summed E-state index contributed by atoms with van der Waals surface area (Å²) >= 11 is 0. The fourth-order valence-corrected chi connectivity index (χ4v) is 4.41. The van der Waals surface area contributed by atoms with Crippen molar-refractivity contribution in [3.05, 3.63) is 35.4 Å². The van der Waals surface area contributed by atoms with Crippen LogP contribution >= 0.6 is 0 Å². The lowest BCUT2D eigenvalue weighted by molar-refractivity contribution is 0.104. The summed E-state index contributed by atoms with van der Waals surface area (Å²) in [6.45, 7) is 8.51. The lowest BCUT2D eigenvalue weighted by Crippen LogP contribution is -2.43. The van der Waals surface area contributed by atoms with E-state index >= 15 is 0 Å². The van der Waals surface area contributed by atoms with Gasteiger partial charge in [-0.1, -0.05) is 38.1 Å². The summed E-state index contributed by atoms with van der Waals surface area (Å²) in [6.07, 6.45) is 5.36. The van der Waals surface area contributed by atoms with E-state index in [9.17, 15) is 0 Å². The number of likely N-dealkylation sites (tertiary alicyclic amines) is 1. The molecule has 2 nitrogen and oxygen atoms in total. The molecule has 116 valence electrons. The average molecular weight is 286 g/mol. The highest BCUT2D eigenvalue weighted by atomic mass is 15.2. The highest BCUT2D eigenvalue weighted by Gasteiger charge is 2.36. The van der Waals surface area contributed by atoms with E-state index in [1.54, 1.807) is 11.1 Å². The summed E-state index contributed by atoms with van der Waals surface area (Å²) in [5.74, 6) is 0.825. The Kier molecular flexibility index (Phi) is 4.37. The first-order valence-electron chi connectivity index (χ1n) is 8.60. The first-order chi connectivity index (χ1) is 10.1. The number of nitrogens with one attached hydrogen (secondary N) is 1. The average Bonchev–Trinajstić information content (AvgIpc) is 2.48. The molecule has 0 aromatic heterocycles. The molecule has 1 N–H and O–H groups in total. The topological polar surface area (TPSA) is 15.3 Å². The molecule has 2 heteroatoms. The van der Waals surface area contributed by atoms with Crippen LogP contribution in [0.3, 0.4) is 0 Å². The molecule has 1 saturated heterocycles. The van der Waals surface area contributed by atoms with Crippen LogP contribution in [0.4, 0.5) is 0 Å². The van der Waals surface area contributed by atoms with Gasteiger partial charge in [-0.2, -0.15) is 0 Å². The smallest absolute Gasteiger partial charge is 0.0351 e. The molecular weight excluding hydrogens is 256 g/mol. The maximum atomic E-state index is 3.37. The fourth-order valence-electron chi connectivity index (χ4n) is 4.41. The minimum absolute atomic E-state index is 0.341. The third kappa shape index (κ3) is 3.02. The van der Waals surface area contributed by atoms with Crippen LogP contribution in [0.15, 0.2) is 24.3 Å². The number of benzene rings is 1. The third-order valence-electron chi connectivity index (χ3n) is 5.58. The second-order valence-electron chi connectivity index (χ2n) is 7.59. The first-order valence-corrected chi connectivity index (χ1v) is 8.60. The summed E-state index contributed by atoms with van der Waals surface area (Å²) in [7, 11) is 2.08. The van der Waals surface area contributed by atoms with Gasteiger partial charge in [0.1, 0.15) is 0 Å². The molecule has 1 aromatic carbocycles. The summed E-state index contributed by atoms with van der Waals surface area (Å²) in [5.41, 5.74) is 3.52. The van der Waals surface area contributed by atoms with Gasteiger partial charge in [-0.15, -0.1) is 0 Å². The Hall–Kier alpha value is -0.860. The zero-order chi connectivity index (χ0) is 14.9. The van der Waals surface area contributed by atoms with Gasteiger partial charge >= 0.3 is 0 Å². The Labute approximate surface area is 129 Å². The van der Waals surface area contributed by atoms with E-state index < -0.39 is 0 Å². The molecule has 0 bridgehead atoms. The van der Waals surface area contributed by atoms with Gasteiger partial charge in [0, 0.05) is 12.6 Å². The summed E-state index contributed by atoms with van der Waals surface area (Å²) < 4.78 is 0. The molecule has 1 fully saturated rings. The van der Waals surface area contributed by atoms with Crippen molar-refractivity contribution in [2.45, 2.75) is 51.0 Å². The van der Waals surface area contributed by atoms with E-state index in [2.05, 4.69) is 55.4 Å². The zero-order valence-electron chi connectivity index (χ0n) is 13.9. The Morgan fingerprint density at radius 1 is 1.24 bits per heavy atom. The van der Waals surface area contributed by atoms with Crippen molar-refractivity contribution in [3.63, 3.8) is 0 Å². The van der Waals surface area contributed by atoms with Gasteiger partial charge in [0.15, 0.2) is 0 Å². The Morgan fingerprint density at radius 2 is 2.05 bits per heavy atom. The van der Waals surface area contributed by atoms with Crippen LogP contribution in [0, 0.1) is 5.92 Å². The zero-order valence-corrected chi connectivity index (χ0v) is 13.9. The van der Waals surface area contributed by atoms with Gasteiger partial charge in [-0.25, -0.2) is 0 Å². The van der Waals surface area contributed by atoms with Crippen LogP contribution in [0.25, 0.3) is 0 Å². The molecule has 1 aliphatic heterocycles. The van der Waals surface area contributed by atoms with Crippen LogP contribution in [0.2, 0.25) is 0 Å². The highest BCUT2D eigenvalue weighted by molar-refractivity contribution is 5.38. The van der Waals surface area contributed by atoms with Crippen molar-refractivity contribution in [1.29, 1.82) is 0 Å². The highest BCUT2D eigenvalue weighted by Crippen LogP contribution is 2.44. The van der Waals surface area contributed by atoms with Gasteiger partial charge in [-0.3, -0.25) is 4.90 Å². The van der Waals surface area contributed by atoms with E-state index in [0.29, 0.717) is 11.5 Å². The summed E-state index contributed by atoms with van der Waals surface area (Å²) in [4.78, 5) is 2.76. The third-order valence-corrected chi connectivity index (χ3v) is 5.58. The van der Waals surface area contributed by atoms with Crippen LogP contribution < -0.4 is 5.32 Å². The Bertz CT molecular complexity index is 478. The number of nitrogens with zero attached hydrogens (tertiary/aromatic N) is 1. The molecular formula is C19H30N2. The molecule has 1 heterocycles. The van der Waals surface area contributed by atoms with Crippen molar-refractivity contribution in [1.82, 2.24) is 10.2 Å². The van der Waals surface area contributed by atoms with Crippen molar-refractivity contribution in [2.75, 3.05) is 26.7 Å². The van der Waals surface area contributed by atoms with Gasteiger partial charge in [0.2, 0.25) is 0 Å². The van der Waals surface area contributed by atoms with E-state index in [0.717, 1.165) is 12.5 Å². The van der Waals surface area contributed by atoms with Crippen molar-refractivity contribution < 1.29 is 0 Å². The number of rotatable bonds is 3. The van der Waals surface area contributed by atoms with Crippen LogP contribution in [0.5, 0.6) is 0 Å². The summed E-state index contributed by atoms with van der Waals surface area (Å²) in [6, 6.07) is 9.82. The molecule has 0 amide bonds. The summed E-state index contributed by atoms with van der Waals surface area (Å²) in [5, 5.41) is 3.37. The van der Waals surface area contributed by atoms with Crippen molar-refractivity contribution >= 4 is 0 Å². The van der Waals surface area contributed by atoms with E-state index in [1.807, 2.05) is 0 Å². The SMILES string of the molecule is CNCC1CCCN(C2CCC(C)(C)c3ccccc32)C1. The van der Waals surface area contributed by atoms with Gasteiger partial charge in [-0.05, 0) is 68.3 Å². The molecule has 21 heavy (non-hydrogen) atoms. The predicted molar refractivity (Wildman–Crippen MR) is 89.7 cm³/mol. The standard InChI is InChI=1S/C19H30N2/c1-19(2)11-10-18(16-8-4-5-9-17(16)19)21-12-6-7-15(14-21)13-20-3/h4-5,8-9,15,18,20H,6-7,10-14H2,1-3H3. The number of piperidine rings is 1. The molecule has 0 saturated carbocycles. The van der Waals surface area contributed by atoms with Gasteiger partial charge in [0.25, 0.3) is 0 Å². The molecule has 2 atom stereocenters. The largest absolute Gasteiger partial charge is 0.319 e. The molecule has 2 unspecified atom stereocenters. The first kappa shape index (κ1) is 15.1. The van der Waals surface area contributed by atoms with Crippen LogP contribution in [-0.4, -0.2) is 31.6 Å². The normalized spacial score (nSPS) is 29.1. The predicted octanol–water partition coefficient (Wildman–Crippen LogP) is 3.73. The van der Waals surface area contributed by atoms with E-state index in [-0.39, 0.29) is 0 Å². The quantitative estimate of drug-likeness (QED) is 0.911. The van der Waals surface area contributed by atoms with Crippen molar-refractivity contribution in [3.8, 4) is 0 Å². The van der Waals surface area contributed by atoms with Crippen LogP contribution in [-0.2, 0) is 5.41 Å². The minimum atomic E-state index is 0.341. The van der Waals surface area contributed by atoms with E-state index in [4.69, 9.17) is 0 Å². The van der Waals surface area contributed by atoms with Crippen LogP contribution in [0.1, 0.15) is 56.7 Å². The molecule has 2 aliphatic rings. The Morgan fingerprint density at radius 3 is 2.86 bits per heavy atom. The number of hydrogen-bond acceptors (Lipinski definition) is 2. The fraction of sp³-hybridized carbons (Fsp3) is 0.684.